The lowest BCUT2D eigenvalue weighted by atomic mass is 9.75. The summed E-state index contributed by atoms with van der Waals surface area (Å²) >= 11 is 0. The lowest BCUT2D eigenvalue weighted by molar-refractivity contribution is -0.137. The van der Waals surface area contributed by atoms with Gasteiger partial charge in [0.2, 0.25) is 0 Å². The molecule has 30 heavy (non-hydrogen) atoms. The highest BCUT2D eigenvalue weighted by atomic mass is 32.2. The quantitative estimate of drug-likeness (QED) is 0.357. The van der Waals surface area contributed by atoms with E-state index >= 15 is 0 Å². The number of hydrogen-bond donors (Lipinski definition) is 1. The number of ether oxygens (including phenoxy) is 1. The number of carboxylic acid groups (broad SMARTS) is 1. The second kappa shape index (κ2) is 11.1. The van der Waals surface area contributed by atoms with Gasteiger partial charge in [-0.1, -0.05) is 48.9 Å². The Kier molecular flexibility index (Phi) is 8.51. The Morgan fingerprint density at radius 1 is 1.03 bits per heavy atom. The van der Waals surface area contributed by atoms with Gasteiger partial charge in [-0.25, -0.2) is 8.42 Å². The molecule has 0 saturated carbocycles. The summed E-state index contributed by atoms with van der Waals surface area (Å²) in [5.41, 5.74) is 0.856. The third-order valence-electron chi connectivity index (χ3n) is 6.40. The van der Waals surface area contributed by atoms with Gasteiger partial charge in [0, 0.05) is 6.42 Å². The van der Waals surface area contributed by atoms with Crippen molar-refractivity contribution in [2.75, 3.05) is 5.75 Å². The zero-order chi connectivity index (χ0) is 21.4. The molecule has 2 fully saturated rings. The molecule has 0 amide bonds. The van der Waals surface area contributed by atoms with Gasteiger partial charge >= 0.3 is 5.97 Å². The molecular formula is C24H34O5S. The van der Waals surface area contributed by atoms with Crippen LogP contribution in [0.15, 0.2) is 42.5 Å². The van der Waals surface area contributed by atoms with Crippen molar-refractivity contribution in [2.45, 2.75) is 75.7 Å². The van der Waals surface area contributed by atoms with Crippen molar-refractivity contribution in [1.29, 1.82) is 0 Å². The average molecular weight is 435 g/mol. The number of carbonyl (C=O) groups is 1. The van der Waals surface area contributed by atoms with Crippen molar-refractivity contribution in [3.63, 3.8) is 0 Å². The summed E-state index contributed by atoms with van der Waals surface area (Å²) in [7, 11) is -3.07. The molecular weight excluding hydrogens is 400 g/mol. The number of aliphatic carboxylic acids is 1. The van der Waals surface area contributed by atoms with Crippen molar-refractivity contribution < 1.29 is 23.1 Å². The van der Waals surface area contributed by atoms with Gasteiger partial charge in [0.25, 0.3) is 0 Å². The molecule has 1 aromatic rings. The molecule has 0 aromatic heterocycles. The molecule has 2 saturated heterocycles. The summed E-state index contributed by atoms with van der Waals surface area (Å²) < 4.78 is 30.9. The molecule has 2 aliphatic heterocycles. The summed E-state index contributed by atoms with van der Waals surface area (Å²) in [6.45, 7) is 0. The third kappa shape index (κ3) is 6.95. The molecule has 3 rings (SSSR count). The molecule has 1 N–H and O–H groups in total. The van der Waals surface area contributed by atoms with Crippen molar-refractivity contribution in [2.24, 2.45) is 11.8 Å². The molecule has 2 bridgehead atoms. The summed E-state index contributed by atoms with van der Waals surface area (Å²) in [6.07, 6.45) is 12.6. The number of sulfone groups is 1. The highest BCUT2D eigenvalue weighted by molar-refractivity contribution is 7.90. The predicted molar refractivity (Wildman–Crippen MR) is 118 cm³/mol. The monoisotopic (exact) mass is 434 g/mol. The minimum atomic E-state index is -3.07. The largest absolute Gasteiger partial charge is 0.481 e. The lowest BCUT2D eigenvalue weighted by Gasteiger charge is -2.27. The van der Waals surface area contributed by atoms with E-state index in [2.05, 4.69) is 12.2 Å². The Balaban J connectivity index is 1.40. The number of allylic oxidation sites excluding steroid dienone is 2. The van der Waals surface area contributed by atoms with E-state index in [4.69, 9.17) is 9.84 Å². The van der Waals surface area contributed by atoms with Gasteiger partial charge in [-0.3, -0.25) is 4.79 Å². The first kappa shape index (κ1) is 23.0. The van der Waals surface area contributed by atoms with Crippen LogP contribution < -0.4 is 0 Å². The number of unbranched alkanes of at least 4 members (excludes halogenated alkanes) is 2. The van der Waals surface area contributed by atoms with E-state index in [0.717, 1.165) is 44.1 Å². The minimum Gasteiger partial charge on any atom is -0.481 e. The van der Waals surface area contributed by atoms with Crippen molar-refractivity contribution in [1.82, 2.24) is 0 Å². The molecule has 0 spiro atoms. The fourth-order valence-electron chi connectivity index (χ4n) is 4.94. The van der Waals surface area contributed by atoms with E-state index in [1.807, 2.05) is 30.3 Å². The van der Waals surface area contributed by atoms with Gasteiger partial charge in [-0.05, 0) is 62.3 Å². The smallest absolute Gasteiger partial charge is 0.303 e. The fourth-order valence-corrected chi connectivity index (χ4v) is 6.43. The van der Waals surface area contributed by atoms with Crippen LogP contribution >= 0.6 is 0 Å². The lowest BCUT2D eigenvalue weighted by Crippen LogP contribution is -2.27. The Bertz CT molecular complexity index is 802. The number of rotatable bonds is 13. The Morgan fingerprint density at radius 2 is 1.77 bits per heavy atom. The van der Waals surface area contributed by atoms with E-state index in [1.54, 1.807) is 0 Å². The Morgan fingerprint density at radius 3 is 2.50 bits per heavy atom. The van der Waals surface area contributed by atoms with Crippen LogP contribution in [-0.2, 0) is 25.1 Å². The normalized spacial score (nSPS) is 25.9. The van der Waals surface area contributed by atoms with Crippen LogP contribution in [0.2, 0.25) is 0 Å². The first-order chi connectivity index (χ1) is 14.4. The standard InChI is InChI=1S/C24H34O5S/c25-24(26)14-7-2-1-6-12-20-21(23-16-15-22(20)29-23)13-8-9-17-30(27,28)18-19-10-4-3-5-11-19/h1,3-6,10-11,20-23H,2,7-9,12-18H2,(H,25,26)/b6-1-/t20-,21+,22-,23+/m1/s1. The zero-order valence-corrected chi connectivity index (χ0v) is 18.4. The zero-order valence-electron chi connectivity index (χ0n) is 17.6. The van der Waals surface area contributed by atoms with E-state index < -0.39 is 15.8 Å². The molecule has 6 heteroatoms. The SMILES string of the molecule is O=C(O)CCC/C=C\C[C@@H]1[C@H](CCCCS(=O)(=O)Cc2ccccc2)[C@@H]2CC[C@H]1O2. The van der Waals surface area contributed by atoms with Crippen LogP contribution in [0.25, 0.3) is 0 Å². The first-order valence-corrected chi connectivity index (χ1v) is 13.0. The van der Waals surface area contributed by atoms with Gasteiger partial charge in [0.1, 0.15) is 0 Å². The molecule has 2 aliphatic rings. The highest BCUT2D eigenvalue weighted by Gasteiger charge is 2.47. The first-order valence-electron chi connectivity index (χ1n) is 11.2. The fraction of sp³-hybridized carbons (Fsp3) is 0.625. The molecule has 2 heterocycles. The average Bonchev–Trinajstić information content (AvgIpc) is 3.30. The van der Waals surface area contributed by atoms with Crippen LogP contribution in [0.4, 0.5) is 0 Å². The summed E-state index contributed by atoms with van der Waals surface area (Å²) in [5, 5.41) is 8.70. The molecule has 4 atom stereocenters. The minimum absolute atomic E-state index is 0.125. The maximum absolute atomic E-state index is 12.4. The second-order valence-corrected chi connectivity index (χ2v) is 10.9. The highest BCUT2D eigenvalue weighted by Crippen LogP contribution is 2.47. The van der Waals surface area contributed by atoms with Gasteiger partial charge in [0.05, 0.1) is 23.7 Å². The Hall–Kier alpha value is -1.66. The number of carboxylic acids is 1. The maximum Gasteiger partial charge on any atom is 0.303 e. The molecule has 0 unspecified atom stereocenters. The van der Waals surface area contributed by atoms with Gasteiger partial charge in [-0.15, -0.1) is 0 Å². The molecule has 0 aliphatic carbocycles. The maximum atomic E-state index is 12.4. The van der Waals surface area contributed by atoms with Crippen LogP contribution in [-0.4, -0.2) is 37.5 Å². The summed E-state index contributed by atoms with van der Waals surface area (Å²) in [5.74, 6) is 0.665. The van der Waals surface area contributed by atoms with E-state index in [-0.39, 0.29) is 17.9 Å². The molecule has 1 aromatic carbocycles. The van der Waals surface area contributed by atoms with Gasteiger partial charge in [-0.2, -0.15) is 0 Å². The summed E-state index contributed by atoms with van der Waals surface area (Å²) in [6, 6.07) is 9.38. The third-order valence-corrected chi connectivity index (χ3v) is 8.08. The summed E-state index contributed by atoms with van der Waals surface area (Å²) in [4.78, 5) is 10.6. The van der Waals surface area contributed by atoms with Crippen molar-refractivity contribution in [3.05, 3.63) is 48.0 Å². The van der Waals surface area contributed by atoms with E-state index in [0.29, 0.717) is 36.9 Å². The number of fused-ring (bicyclic) bond motifs is 2. The van der Waals surface area contributed by atoms with Crippen LogP contribution in [0, 0.1) is 11.8 Å². The van der Waals surface area contributed by atoms with Crippen LogP contribution in [0.5, 0.6) is 0 Å². The number of benzene rings is 1. The van der Waals surface area contributed by atoms with Crippen molar-refractivity contribution in [3.8, 4) is 0 Å². The van der Waals surface area contributed by atoms with Crippen LogP contribution in [0.3, 0.4) is 0 Å². The Labute approximate surface area is 180 Å². The van der Waals surface area contributed by atoms with E-state index in [9.17, 15) is 13.2 Å². The van der Waals surface area contributed by atoms with E-state index in [1.165, 1.54) is 0 Å². The van der Waals surface area contributed by atoms with Gasteiger partial charge in [0.15, 0.2) is 9.84 Å². The molecule has 0 radical (unpaired) electrons. The van der Waals surface area contributed by atoms with Crippen molar-refractivity contribution >= 4 is 15.8 Å². The second-order valence-electron chi connectivity index (χ2n) is 8.68. The van der Waals surface area contributed by atoms with Crippen LogP contribution in [0.1, 0.15) is 63.4 Å². The predicted octanol–water partition coefficient (Wildman–Crippen LogP) is 4.77. The van der Waals surface area contributed by atoms with Gasteiger partial charge < -0.3 is 9.84 Å². The number of hydrogen-bond acceptors (Lipinski definition) is 4. The topological polar surface area (TPSA) is 80.7 Å². The molecule has 166 valence electrons. The molecule has 5 nitrogen and oxygen atoms in total.